The third-order valence-corrected chi connectivity index (χ3v) is 3.26. The quantitative estimate of drug-likeness (QED) is 0.649. The number of ether oxygens (including phenoxy) is 1. The van der Waals surface area contributed by atoms with Crippen LogP contribution in [-0.4, -0.2) is 22.3 Å². The number of nitrogens with two attached hydrogens (primary N) is 1. The Hall–Kier alpha value is -3.30. The van der Waals surface area contributed by atoms with Crippen LogP contribution in [0.3, 0.4) is 0 Å². The molecule has 24 heavy (non-hydrogen) atoms. The lowest BCUT2D eigenvalue weighted by Crippen LogP contribution is -2.38. The lowest BCUT2D eigenvalue weighted by atomic mass is 10.1. The molecule has 0 bridgehead atoms. The first-order chi connectivity index (χ1) is 11.5. The average Bonchev–Trinajstić information content (AvgIpc) is 2.60. The van der Waals surface area contributed by atoms with Crippen molar-refractivity contribution in [3.05, 3.63) is 65.7 Å². The summed E-state index contributed by atoms with van der Waals surface area (Å²) in [5, 5.41) is 18.7. The van der Waals surface area contributed by atoms with Crippen molar-refractivity contribution in [2.45, 2.75) is 13.0 Å². The van der Waals surface area contributed by atoms with Crippen LogP contribution < -0.4 is 10.5 Å². The Kier molecular flexibility index (Phi) is 5.55. The van der Waals surface area contributed by atoms with E-state index in [1.807, 2.05) is 24.3 Å². The molecule has 1 unspecified atom stereocenters. The van der Waals surface area contributed by atoms with Crippen LogP contribution in [0.1, 0.15) is 18.1 Å². The van der Waals surface area contributed by atoms with Crippen molar-refractivity contribution in [3.63, 3.8) is 0 Å². The summed E-state index contributed by atoms with van der Waals surface area (Å²) >= 11 is 0. The van der Waals surface area contributed by atoms with Gasteiger partial charge in [0.1, 0.15) is 11.5 Å². The van der Waals surface area contributed by atoms with Crippen molar-refractivity contribution in [2.24, 2.45) is 5.73 Å². The third kappa shape index (κ3) is 4.60. The van der Waals surface area contributed by atoms with Gasteiger partial charge in [-0.25, -0.2) is 4.79 Å². The number of nitriles is 1. The zero-order valence-corrected chi connectivity index (χ0v) is 13.1. The highest BCUT2D eigenvalue weighted by Crippen LogP contribution is 2.23. The topological polar surface area (TPSA) is 99.6 Å². The van der Waals surface area contributed by atoms with Crippen LogP contribution in [0.5, 0.6) is 11.5 Å². The summed E-state index contributed by atoms with van der Waals surface area (Å²) in [6, 6.07) is 14.7. The number of carbonyl (C=O) groups excluding carboxylic acids is 1. The molecule has 0 radical (unpaired) electrons. The lowest BCUT2D eigenvalue weighted by Gasteiger charge is -2.16. The molecule has 0 saturated heterocycles. The van der Waals surface area contributed by atoms with E-state index in [4.69, 9.17) is 15.7 Å². The van der Waals surface area contributed by atoms with Crippen molar-refractivity contribution < 1.29 is 14.7 Å². The molecule has 122 valence electrons. The molecular formula is C18H17N3O3. The molecule has 2 aromatic carbocycles. The van der Waals surface area contributed by atoms with Gasteiger partial charge in [0, 0.05) is 0 Å². The van der Waals surface area contributed by atoms with Crippen LogP contribution >= 0.6 is 0 Å². The van der Waals surface area contributed by atoms with E-state index >= 15 is 0 Å². The van der Waals surface area contributed by atoms with E-state index < -0.39 is 12.1 Å². The molecule has 2 aromatic rings. The number of urea groups is 1. The van der Waals surface area contributed by atoms with Gasteiger partial charge in [-0.3, -0.25) is 5.21 Å². The molecular weight excluding hydrogens is 306 g/mol. The van der Waals surface area contributed by atoms with Crippen molar-refractivity contribution in [3.8, 4) is 17.6 Å². The van der Waals surface area contributed by atoms with Crippen LogP contribution in [0.25, 0.3) is 6.08 Å². The highest BCUT2D eigenvalue weighted by molar-refractivity contribution is 5.71. The van der Waals surface area contributed by atoms with Crippen molar-refractivity contribution in [2.75, 3.05) is 0 Å². The lowest BCUT2D eigenvalue weighted by molar-refractivity contribution is -0.0560. The second-order valence-electron chi connectivity index (χ2n) is 5.09. The first-order valence-corrected chi connectivity index (χ1v) is 7.23. The predicted molar refractivity (Wildman–Crippen MR) is 89.4 cm³/mol. The fourth-order valence-electron chi connectivity index (χ4n) is 1.95. The largest absolute Gasteiger partial charge is 0.457 e. The minimum Gasteiger partial charge on any atom is -0.457 e. The maximum Gasteiger partial charge on any atom is 0.339 e. The van der Waals surface area contributed by atoms with Gasteiger partial charge in [0.05, 0.1) is 17.7 Å². The number of carbonyl (C=O) groups is 1. The van der Waals surface area contributed by atoms with E-state index in [9.17, 15) is 10.0 Å². The molecule has 0 fully saturated rings. The molecule has 0 aromatic heterocycles. The van der Waals surface area contributed by atoms with Gasteiger partial charge in [0.2, 0.25) is 0 Å². The minimum atomic E-state index is -0.912. The molecule has 0 aliphatic heterocycles. The predicted octanol–water partition coefficient (Wildman–Crippen LogP) is 3.52. The van der Waals surface area contributed by atoms with E-state index in [1.54, 1.807) is 49.4 Å². The molecule has 2 rings (SSSR count). The number of hydroxylamine groups is 2. The average molecular weight is 323 g/mol. The molecule has 6 heteroatoms. The van der Waals surface area contributed by atoms with Crippen molar-refractivity contribution >= 4 is 12.1 Å². The Morgan fingerprint density at radius 2 is 2.00 bits per heavy atom. The van der Waals surface area contributed by atoms with Gasteiger partial charge in [0.25, 0.3) is 0 Å². The summed E-state index contributed by atoms with van der Waals surface area (Å²) in [5.41, 5.74) is 6.40. The molecule has 2 amide bonds. The second-order valence-corrected chi connectivity index (χ2v) is 5.09. The van der Waals surface area contributed by atoms with Crippen LogP contribution in [-0.2, 0) is 0 Å². The van der Waals surface area contributed by atoms with E-state index in [0.717, 1.165) is 5.56 Å². The summed E-state index contributed by atoms with van der Waals surface area (Å²) in [6.07, 6.45) is 3.40. The molecule has 1 atom stereocenters. The number of amides is 2. The maximum absolute atomic E-state index is 10.9. The normalized spacial score (nSPS) is 11.7. The molecule has 3 N–H and O–H groups in total. The van der Waals surface area contributed by atoms with Gasteiger partial charge < -0.3 is 10.5 Å². The fraction of sp³-hybridized carbons (Fsp3) is 0.111. The van der Waals surface area contributed by atoms with Gasteiger partial charge in [-0.2, -0.15) is 10.3 Å². The van der Waals surface area contributed by atoms with E-state index in [0.29, 0.717) is 22.1 Å². The summed E-state index contributed by atoms with van der Waals surface area (Å²) < 4.78 is 5.73. The zero-order valence-electron chi connectivity index (χ0n) is 13.1. The number of hydrogen-bond donors (Lipinski definition) is 2. The van der Waals surface area contributed by atoms with Crippen molar-refractivity contribution in [1.82, 2.24) is 5.06 Å². The molecule has 0 aliphatic rings. The molecule has 0 aliphatic carbocycles. The summed E-state index contributed by atoms with van der Waals surface area (Å²) in [6.45, 7) is 1.64. The Morgan fingerprint density at radius 3 is 2.62 bits per heavy atom. The highest BCUT2D eigenvalue weighted by atomic mass is 16.5. The van der Waals surface area contributed by atoms with Crippen LogP contribution in [0.15, 0.2) is 54.6 Å². The zero-order chi connectivity index (χ0) is 17.5. The van der Waals surface area contributed by atoms with Gasteiger partial charge in [-0.1, -0.05) is 24.3 Å². The first-order valence-electron chi connectivity index (χ1n) is 7.23. The van der Waals surface area contributed by atoms with E-state index in [1.165, 1.54) is 0 Å². The Morgan fingerprint density at radius 1 is 1.29 bits per heavy atom. The Labute approximate surface area is 140 Å². The summed E-state index contributed by atoms with van der Waals surface area (Å²) in [7, 11) is 0. The standard InChI is InChI=1S/C18H17N3O3/c1-13(21(23)18(20)22)5-6-14-3-2-4-17(11-14)24-16-9-7-15(12-19)8-10-16/h2-11,13,23H,1H3,(H2,20,22)/b6-5+. The van der Waals surface area contributed by atoms with Gasteiger partial charge in [-0.05, 0) is 48.9 Å². The van der Waals surface area contributed by atoms with Crippen LogP contribution in [0.4, 0.5) is 4.79 Å². The maximum atomic E-state index is 10.9. The number of benzene rings is 2. The van der Waals surface area contributed by atoms with Crippen molar-refractivity contribution in [1.29, 1.82) is 5.26 Å². The molecule has 0 saturated carbocycles. The minimum absolute atomic E-state index is 0.452. The van der Waals surface area contributed by atoms with Gasteiger partial charge in [-0.15, -0.1) is 0 Å². The third-order valence-electron chi connectivity index (χ3n) is 3.26. The Bertz CT molecular complexity index is 779. The number of hydrogen-bond acceptors (Lipinski definition) is 4. The summed E-state index contributed by atoms with van der Waals surface area (Å²) in [4.78, 5) is 10.9. The van der Waals surface area contributed by atoms with Gasteiger partial charge >= 0.3 is 6.03 Å². The van der Waals surface area contributed by atoms with Crippen LogP contribution in [0, 0.1) is 11.3 Å². The number of rotatable bonds is 5. The SMILES string of the molecule is CC(/C=C/c1cccc(Oc2ccc(C#N)cc2)c1)N(O)C(N)=O. The first kappa shape index (κ1) is 17.1. The van der Waals surface area contributed by atoms with Crippen LogP contribution in [0.2, 0.25) is 0 Å². The number of primary amides is 1. The monoisotopic (exact) mass is 323 g/mol. The van der Waals surface area contributed by atoms with E-state index in [-0.39, 0.29) is 0 Å². The summed E-state index contributed by atoms with van der Waals surface area (Å²) in [5.74, 6) is 1.25. The molecule has 0 heterocycles. The Balaban J connectivity index is 2.08. The number of nitrogens with zero attached hydrogens (tertiary/aromatic N) is 2. The fourth-order valence-corrected chi connectivity index (χ4v) is 1.95. The van der Waals surface area contributed by atoms with E-state index in [2.05, 4.69) is 0 Å². The molecule has 0 spiro atoms. The second kappa shape index (κ2) is 7.81. The highest BCUT2D eigenvalue weighted by Gasteiger charge is 2.11. The van der Waals surface area contributed by atoms with Gasteiger partial charge in [0.15, 0.2) is 0 Å². The molecule has 6 nitrogen and oxygen atoms in total. The smallest absolute Gasteiger partial charge is 0.339 e.